The van der Waals surface area contributed by atoms with E-state index in [4.69, 9.17) is 17.2 Å². The average molecular weight is 510 g/mol. The summed E-state index contributed by atoms with van der Waals surface area (Å²) in [5.74, 6) is -0.0341. The molecule has 2 aliphatic heterocycles. The van der Waals surface area contributed by atoms with E-state index in [2.05, 4.69) is 16.8 Å². The van der Waals surface area contributed by atoms with E-state index in [-0.39, 0.29) is 23.8 Å². The number of halogens is 1. The molecule has 35 heavy (non-hydrogen) atoms. The summed E-state index contributed by atoms with van der Waals surface area (Å²) in [5.41, 5.74) is 2.42. The maximum Gasteiger partial charge on any atom is 0.267 e. The Labute approximate surface area is 211 Å². The first kappa shape index (κ1) is 23.7. The normalized spacial score (nSPS) is 18.3. The number of carbonyl (C=O) groups excluding carboxylic acids is 1. The van der Waals surface area contributed by atoms with Gasteiger partial charge in [-0.3, -0.25) is 18.9 Å². The first-order valence-corrected chi connectivity index (χ1v) is 12.5. The van der Waals surface area contributed by atoms with Gasteiger partial charge in [0, 0.05) is 32.4 Å². The van der Waals surface area contributed by atoms with Crippen molar-refractivity contribution in [1.29, 1.82) is 0 Å². The van der Waals surface area contributed by atoms with Crippen molar-refractivity contribution in [3.05, 3.63) is 80.4 Å². The topological polar surface area (TPSA) is 61.2 Å². The van der Waals surface area contributed by atoms with Gasteiger partial charge in [-0.25, -0.2) is 9.37 Å². The van der Waals surface area contributed by atoms with Crippen molar-refractivity contribution in [2.75, 3.05) is 38.1 Å². The fourth-order valence-electron chi connectivity index (χ4n) is 4.17. The number of fused-ring (bicyclic) bond motifs is 1. The van der Waals surface area contributed by atoms with E-state index < -0.39 is 0 Å². The van der Waals surface area contributed by atoms with Crippen LogP contribution < -0.4 is 10.5 Å². The number of benzene rings is 1. The van der Waals surface area contributed by atoms with Crippen molar-refractivity contribution in [1.82, 2.24) is 19.2 Å². The van der Waals surface area contributed by atoms with Gasteiger partial charge in [0.05, 0.1) is 17.0 Å². The predicted octanol–water partition coefficient (Wildman–Crippen LogP) is 3.30. The van der Waals surface area contributed by atoms with E-state index in [9.17, 15) is 14.0 Å². The summed E-state index contributed by atoms with van der Waals surface area (Å²) in [6, 6.07) is 9.73. The van der Waals surface area contributed by atoms with Gasteiger partial charge in [-0.15, -0.1) is 0 Å². The lowest BCUT2D eigenvalue weighted by molar-refractivity contribution is -0.122. The van der Waals surface area contributed by atoms with Crippen LogP contribution >= 0.6 is 24.0 Å². The van der Waals surface area contributed by atoms with Crippen molar-refractivity contribution in [3.8, 4) is 0 Å². The van der Waals surface area contributed by atoms with E-state index >= 15 is 0 Å². The number of likely N-dealkylation sites (N-methyl/N-ethyl adjacent to an activating group) is 1. The van der Waals surface area contributed by atoms with E-state index in [0.717, 1.165) is 49.1 Å². The highest BCUT2D eigenvalue weighted by Crippen LogP contribution is 2.34. The molecule has 1 aromatic carbocycles. The highest BCUT2D eigenvalue weighted by atomic mass is 32.2. The molecule has 2 aromatic heterocycles. The Bertz CT molecular complexity index is 1410. The van der Waals surface area contributed by atoms with Crippen LogP contribution in [0, 0.1) is 12.7 Å². The van der Waals surface area contributed by atoms with Gasteiger partial charge >= 0.3 is 0 Å². The lowest BCUT2D eigenvalue weighted by Crippen LogP contribution is -2.45. The fraction of sp³-hybridized carbons (Fsp3) is 0.280. The van der Waals surface area contributed by atoms with Crippen LogP contribution in [0.5, 0.6) is 0 Å². The van der Waals surface area contributed by atoms with E-state index in [1.54, 1.807) is 24.4 Å². The molecule has 0 atom stereocenters. The maximum atomic E-state index is 13.6. The van der Waals surface area contributed by atoms with Crippen molar-refractivity contribution >= 4 is 51.7 Å². The molecule has 0 aliphatic carbocycles. The summed E-state index contributed by atoms with van der Waals surface area (Å²) in [7, 11) is 2.07. The zero-order valence-corrected chi connectivity index (χ0v) is 21.0. The molecule has 180 valence electrons. The van der Waals surface area contributed by atoms with Crippen LogP contribution in [-0.2, 0) is 11.3 Å². The van der Waals surface area contributed by atoms with Crippen LogP contribution in [-0.4, -0.2) is 62.6 Å². The minimum atomic E-state index is -0.338. The second-order valence-corrected chi connectivity index (χ2v) is 10.4. The number of hydrogen-bond acceptors (Lipinski definition) is 7. The Morgan fingerprint density at radius 2 is 1.80 bits per heavy atom. The van der Waals surface area contributed by atoms with Gasteiger partial charge in [-0.05, 0) is 49.4 Å². The van der Waals surface area contributed by atoms with Gasteiger partial charge in [0.1, 0.15) is 21.6 Å². The summed E-state index contributed by atoms with van der Waals surface area (Å²) in [6.45, 7) is 5.33. The molecule has 7 nitrogen and oxygen atoms in total. The van der Waals surface area contributed by atoms with Gasteiger partial charge in [-0.1, -0.05) is 42.2 Å². The summed E-state index contributed by atoms with van der Waals surface area (Å²) in [4.78, 5) is 37.9. The first-order valence-electron chi connectivity index (χ1n) is 11.3. The molecule has 0 unspecified atom stereocenters. The third-order valence-corrected chi connectivity index (χ3v) is 7.57. The van der Waals surface area contributed by atoms with Gasteiger partial charge < -0.3 is 9.80 Å². The molecule has 10 heteroatoms. The summed E-state index contributed by atoms with van der Waals surface area (Å²) < 4.78 is 15.2. The Balaban J connectivity index is 1.55. The Hall–Kier alpha value is -3.08. The molecular weight excluding hydrogens is 485 g/mol. The molecule has 0 saturated carbocycles. The largest absolute Gasteiger partial charge is 0.353 e. The van der Waals surface area contributed by atoms with Gasteiger partial charge in [0.15, 0.2) is 0 Å². The third-order valence-electron chi connectivity index (χ3n) is 6.19. The fourth-order valence-corrected chi connectivity index (χ4v) is 5.41. The number of carbonyl (C=O) groups is 1. The predicted molar refractivity (Wildman–Crippen MR) is 141 cm³/mol. The molecule has 3 aromatic rings. The molecule has 0 N–H and O–H groups in total. The molecule has 1 amide bonds. The molecule has 2 aliphatic rings. The van der Waals surface area contributed by atoms with Crippen LogP contribution in [0.2, 0.25) is 0 Å². The highest BCUT2D eigenvalue weighted by Gasteiger charge is 2.33. The van der Waals surface area contributed by atoms with Crippen molar-refractivity contribution in [3.63, 3.8) is 0 Å². The molecule has 5 rings (SSSR count). The number of aromatic nitrogens is 2. The van der Waals surface area contributed by atoms with Crippen LogP contribution in [0.4, 0.5) is 10.2 Å². The smallest absolute Gasteiger partial charge is 0.267 e. The van der Waals surface area contributed by atoms with Gasteiger partial charge in [0.25, 0.3) is 11.5 Å². The number of amides is 1. The zero-order chi connectivity index (χ0) is 24.7. The molecule has 4 heterocycles. The molecule has 0 bridgehead atoms. The SMILES string of the molecule is Cc1ccc2nc(N3CCN(C)CC3)c(/C=C3\SC(=S)N(Cc4ccc(F)cc4)C3=O)c(=O)n2c1. The second kappa shape index (κ2) is 9.52. The van der Waals surface area contributed by atoms with Crippen LogP contribution in [0.15, 0.2) is 52.3 Å². The minimum Gasteiger partial charge on any atom is -0.353 e. The van der Waals surface area contributed by atoms with Crippen LogP contribution in [0.25, 0.3) is 11.7 Å². The molecule has 2 saturated heterocycles. The quantitative estimate of drug-likeness (QED) is 0.395. The van der Waals surface area contributed by atoms with Crippen LogP contribution in [0.3, 0.4) is 0 Å². The Kier molecular flexibility index (Phi) is 6.43. The molecular formula is C25H24FN5O2S2. The number of rotatable bonds is 4. The monoisotopic (exact) mass is 509 g/mol. The number of anilines is 1. The van der Waals surface area contributed by atoms with Crippen LogP contribution in [0.1, 0.15) is 16.7 Å². The second-order valence-electron chi connectivity index (χ2n) is 8.77. The maximum absolute atomic E-state index is 13.6. The van der Waals surface area contributed by atoms with Crippen molar-refractivity contribution in [2.45, 2.75) is 13.5 Å². The Morgan fingerprint density at radius 1 is 1.09 bits per heavy atom. The van der Waals surface area contributed by atoms with Crippen molar-refractivity contribution in [2.24, 2.45) is 0 Å². The number of thioether (sulfide) groups is 1. The summed E-state index contributed by atoms with van der Waals surface area (Å²) in [6.07, 6.45) is 3.39. The van der Waals surface area contributed by atoms with Gasteiger partial charge in [-0.2, -0.15) is 0 Å². The number of thiocarbonyl (C=S) groups is 1. The lowest BCUT2D eigenvalue weighted by Gasteiger charge is -2.34. The number of piperazine rings is 1. The third kappa shape index (κ3) is 4.73. The minimum absolute atomic E-state index is 0.226. The lowest BCUT2D eigenvalue weighted by atomic mass is 10.2. The highest BCUT2D eigenvalue weighted by molar-refractivity contribution is 8.26. The van der Waals surface area contributed by atoms with E-state index in [0.29, 0.717) is 26.3 Å². The number of aryl methyl sites for hydroxylation is 1. The zero-order valence-electron chi connectivity index (χ0n) is 19.4. The first-order chi connectivity index (χ1) is 16.8. The van der Waals surface area contributed by atoms with E-state index in [1.165, 1.54) is 21.4 Å². The standard InChI is InChI=1S/C25H24FN5O2S2/c1-16-3-8-21-27-22(29-11-9-28(2)10-12-29)19(23(32)30(21)14-16)13-20-24(33)31(25(34)35-20)15-17-4-6-18(26)7-5-17/h3-8,13-14H,9-12,15H2,1-2H3/b20-13-. The molecule has 0 radical (unpaired) electrons. The molecule has 2 fully saturated rings. The van der Waals surface area contributed by atoms with Gasteiger partial charge in [0.2, 0.25) is 0 Å². The number of pyridine rings is 1. The summed E-state index contributed by atoms with van der Waals surface area (Å²) >= 11 is 6.64. The Morgan fingerprint density at radius 3 is 2.51 bits per heavy atom. The summed E-state index contributed by atoms with van der Waals surface area (Å²) in [5, 5.41) is 0. The average Bonchev–Trinajstić information content (AvgIpc) is 3.10. The number of hydrogen-bond donors (Lipinski definition) is 0. The molecule has 0 spiro atoms. The number of nitrogens with zero attached hydrogens (tertiary/aromatic N) is 5. The van der Waals surface area contributed by atoms with Crippen molar-refractivity contribution < 1.29 is 9.18 Å². The van der Waals surface area contributed by atoms with E-state index in [1.807, 2.05) is 19.1 Å².